The highest BCUT2D eigenvalue weighted by atomic mass is 32.1. The summed E-state index contributed by atoms with van der Waals surface area (Å²) in [5.41, 5.74) is 5.50. The molecule has 5 heteroatoms. The van der Waals surface area contributed by atoms with Gasteiger partial charge in [-0.25, -0.2) is 15.8 Å². The second-order valence-corrected chi connectivity index (χ2v) is 6.25. The zero-order chi connectivity index (χ0) is 14.2. The van der Waals surface area contributed by atoms with Crippen LogP contribution in [0.25, 0.3) is 10.2 Å². The molecule has 1 aliphatic rings. The highest BCUT2D eigenvalue weighted by Gasteiger charge is 2.24. The van der Waals surface area contributed by atoms with Gasteiger partial charge in [-0.05, 0) is 41.8 Å². The molecular formula is C16H16N4S. The van der Waals surface area contributed by atoms with E-state index in [0.29, 0.717) is 0 Å². The van der Waals surface area contributed by atoms with Gasteiger partial charge in [-0.2, -0.15) is 0 Å². The summed E-state index contributed by atoms with van der Waals surface area (Å²) in [6.07, 6.45) is 3.42. The third kappa shape index (κ3) is 2.09. The highest BCUT2D eigenvalue weighted by molar-refractivity contribution is 7.16. The number of nitrogens with zero attached hydrogens (tertiary/aromatic N) is 2. The molecule has 1 aromatic carbocycles. The third-order valence-electron chi connectivity index (χ3n) is 4.16. The molecule has 0 fully saturated rings. The van der Waals surface area contributed by atoms with Gasteiger partial charge in [0.15, 0.2) is 5.82 Å². The molecule has 0 saturated carbocycles. The fourth-order valence-corrected chi connectivity index (χ4v) is 3.93. The van der Waals surface area contributed by atoms with Gasteiger partial charge in [0.05, 0.1) is 5.39 Å². The number of aryl methyl sites for hydroxylation is 1. The Morgan fingerprint density at radius 3 is 3.00 bits per heavy atom. The van der Waals surface area contributed by atoms with Crippen molar-refractivity contribution in [2.75, 3.05) is 5.43 Å². The van der Waals surface area contributed by atoms with Gasteiger partial charge in [-0.1, -0.05) is 24.3 Å². The maximum atomic E-state index is 5.63. The minimum absolute atomic E-state index is 0.272. The van der Waals surface area contributed by atoms with Crippen LogP contribution in [0.15, 0.2) is 35.7 Å². The van der Waals surface area contributed by atoms with Crippen molar-refractivity contribution in [3.8, 4) is 0 Å². The third-order valence-corrected chi connectivity index (χ3v) is 4.97. The van der Waals surface area contributed by atoms with E-state index >= 15 is 0 Å². The molecule has 1 aliphatic carbocycles. The van der Waals surface area contributed by atoms with Crippen molar-refractivity contribution in [2.45, 2.75) is 25.2 Å². The molecule has 4 nitrogen and oxygen atoms in total. The van der Waals surface area contributed by atoms with Gasteiger partial charge in [0, 0.05) is 5.92 Å². The monoisotopic (exact) mass is 296 g/mol. The molecule has 0 spiro atoms. The topological polar surface area (TPSA) is 63.8 Å². The highest BCUT2D eigenvalue weighted by Crippen LogP contribution is 2.36. The lowest BCUT2D eigenvalue weighted by molar-refractivity contribution is 0.593. The first kappa shape index (κ1) is 12.7. The molecule has 4 rings (SSSR count). The molecule has 1 unspecified atom stereocenters. The molecule has 3 N–H and O–H groups in total. The van der Waals surface area contributed by atoms with Gasteiger partial charge in [-0.15, -0.1) is 11.3 Å². The molecule has 2 heterocycles. The van der Waals surface area contributed by atoms with Gasteiger partial charge < -0.3 is 5.43 Å². The molecule has 1 atom stereocenters. The standard InChI is InChI=1S/C16H16N4S/c17-20-15-13-8-9-21-16(13)19-14(18-15)12-7-3-5-10-4-1-2-6-11(10)12/h1-2,4,6,8-9,12H,3,5,7,17H2,(H,18,19,20). The number of hydrazine groups is 1. The molecule has 0 aliphatic heterocycles. The molecular weight excluding hydrogens is 280 g/mol. The Kier molecular flexibility index (Phi) is 3.09. The summed E-state index contributed by atoms with van der Waals surface area (Å²) in [5, 5.41) is 3.02. The van der Waals surface area contributed by atoms with E-state index in [1.54, 1.807) is 11.3 Å². The van der Waals surface area contributed by atoms with Crippen LogP contribution in [-0.2, 0) is 6.42 Å². The van der Waals surface area contributed by atoms with Crippen LogP contribution in [0.4, 0.5) is 5.82 Å². The second-order valence-electron chi connectivity index (χ2n) is 5.36. The number of fused-ring (bicyclic) bond motifs is 2. The van der Waals surface area contributed by atoms with Gasteiger partial charge in [0.25, 0.3) is 0 Å². The smallest absolute Gasteiger partial charge is 0.152 e. The van der Waals surface area contributed by atoms with Crippen LogP contribution in [-0.4, -0.2) is 9.97 Å². The number of hydrogen-bond donors (Lipinski definition) is 2. The first-order valence-electron chi connectivity index (χ1n) is 7.16. The average molecular weight is 296 g/mol. The number of nitrogens with two attached hydrogens (primary N) is 1. The van der Waals surface area contributed by atoms with Crippen LogP contribution in [0.1, 0.15) is 35.7 Å². The summed E-state index contributed by atoms with van der Waals surface area (Å²) in [5.74, 6) is 7.51. The summed E-state index contributed by atoms with van der Waals surface area (Å²) in [7, 11) is 0. The Hall–Kier alpha value is -1.98. The van der Waals surface area contributed by atoms with E-state index in [1.807, 2.05) is 11.4 Å². The predicted molar refractivity (Wildman–Crippen MR) is 86.4 cm³/mol. The summed E-state index contributed by atoms with van der Waals surface area (Å²) >= 11 is 1.63. The van der Waals surface area contributed by atoms with Gasteiger partial charge in [-0.3, -0.25) is 0 Å². The lowest BCUT2D eigenvalue weighted by Gasteiger charge is -2.24. The van der Waals surface area contributed by atoms with Crippen molar-refractivity contribution in [3.63, 3.8) is 0 Å². The molecule has 0 bridgehead atoms. The van der Waals surface area contributed by atoms with E-state index in [1.165, 1.54) is 17.5 Å². The Bertz CT molecular complexity index is 796. The van der Waals surface area contributed by atoms with Crippen LogP contribution < -0.4 is 11.3 Å². The Morgan fingerprint density at radius 2 is 2.10 bits per heavy atom. The maximum absolute atomic E-state index is 5.63. The largest absolute Gasteiger partial charge is 0.308 e. The Balaban J connectivity index is 1.87. The van der Waals surface area contributed by atoms with E-state index in [4.69, 9.17) is 10.8 Å². The van der Waals surface area contributed by atoms with Crippen LogP contribution >= 0.6 is 11.3 Å². The van der Waals surface area contributed by atoms with Gasteiger partial charge in [0.1, 0.15) is 10.7 Å². The van der Waals surface area contributed by atoms with E-state index in [2.05, 4.69) is 34.7 Å². The average Bonchev–Trinajstić information content (AvgIpc) is 3.02. The fraction of sp³-hybridized carbons (Fsp3) is 0.250. The maximum Gasteiger partial charge on any atom is 0.152 e. The van der Waals surface area contributed by atoms with E-state index < -0.39 is 0 Å². The number of nitrogen functional groups attached to an aromatic ring is 1. The molecule has 21 heavy (non-hydrogen) atoms. The molecule has 0 radical (unpaired) electrons. The van der Waals surface area contributed by atoms with E-state index in [-0.39, 0.29) is 5.92 Å². The van der Waals surface area contributed by atoms with E-state index in [9.17, 15) is 0 Å². The number of thiophene rings is 1. The first-order chi connectivity index (χ1) is 10.4. The number of aromatic nitrogens is 2. The van der Waals surface area contributed by atoms with Crippen molar-refractivity contribution in [1.29, 1.82) is 0 Å². The normalized spacial score (nSPS) is 17.7. The predicted octanol–water partition coefficient (Wildman–Crippen LogP) is 3.45. The van der Waals surface area contributed by atoms with Crippen molar-refractivity contribution in [2.24, 2.45) is 5.84 Å². The van der Waals surface area contributed by atoms with Gasteiger partial charge in [0.2, 0.25) is 0 Å². The van der Waals surface area contributed by atoms with Crippen molar-refractivity contribution in [3.05, 3.63) is 52.7 Å². The fourth-order valence-electron chi connectivity index (χ4n) is 3.16. The SMILES string of the molecule is NNc1nc(C2CCCc3ccccc32)nc2sccc12. The molecule has 2 aromatic heterocycles. The molecule has 0 saturated heterocycles. The van der Waals surface area contributed by atoms with Crippen LogP contribution in [0.5, 0.6) is 0 Å². The zero-order valence-corrected chi connectivity index (χ0v) is 12.4. The Morgan fingerprint density at radius 1 is 1.19 bits per heavy atom. The minimum Gasteiger partial charge on any atom is -0.308 e. The van der Waals surface area contributed by atoms with Crippen LogP contribution in [0, 0.1) is 0 Å². The minimum atomic E-state index is 0.272. The molecule has 106 valence electrons. The number of anilines is 1. The Labute approximate surface area is 127 Å². The number of hydrogen-bond acceptors (Lipinski definition) is 5. The van der Waals surface area contributed by atoms with Crippen molar-refractivity contribution in [1.82, 2.24) is 9.97 Å². The van der Waals surface area contributed by atoms with Gasteiger partial charge >= 0.3 is 0 Å². The zero-order valence-electron chi connectivity index (χ0n) is 11.5. The van der Waals surface area contributed by atoms with Crippen LogP contribution in [0.3, 0.4) is 0 Å². The number of rotatable bonds is 2. The van der Waals surface area contributed by atoms with Crippen molar-refractivity contribution < 1.29 is 0 Å². The molecule has 0 amide bonds. The summed E-state index contributed by atoms with van der Waals surface area (Å²) in [6, 6.07) is 10.6. The number of nitrogens with one attached hydrogen (secondary N) is 1. The lowest BCUT2D eigenvalue weighted by atomic mass is 9.82. The van der Waals surface area contributed by atoms with Crippen molar-refractivity contribution >= 4 is 27.4 Å². The van der Waals surface area contributed by atoms with E-state index in [0.717, 1.165) is 34.7 Å². The summed E-state index contributed by atoms with van der Waals surface area (Å²) < 4.78 is 0. The van der Waals surface area contributed by atoms with Crippen LogP contribution in [0.2, 0.25) is 0 Å². The first-order valence-corrected chi connectivity index (χ1v) is 8.04. The summed E-state index contributed by atoms with van der Waals surface area (Å²) in [6.45, 7) is 0. The quantitative estimate of drug-likeness (QED) is 0.561. The summed E-state index contributed by atoms with van der Waals surface area (Å²) in [4.78, 5) is 10.4. The number of benzene rings is 1. The second kappa shape index (κ2) is 5.09. The molecule has 3 aromatic rings. The lowest BCUT2D eigenvalue weighted by Crippen LogP contribution is -2.16.